The number of nitrogens with one attached hydrogen (secondary N) is 1. The molecule has 2 aliphatic heterocycles. The second kappa shape index (κ2) is 18.7. The minimum Gasteiger partial charge on any atom is -0.657 e. The predicted molar refractivity (Wildman–Crippen MR) is 229 cm³/mol. The summed E-state index contributed by atoms with van der Waals surface area (Å²) in [6.07, 6.45) is 15.6. The van der Waals surface area contributed by atoms with E-state index in [4.69, 9.17) is 29.7 Å². The number of carboxylic acids is 1. The van der Waals surface area contributed by atoms with Gasteiger partial charge in [-0.1, -0.05) is 105 Å². The number of esters is 1. The van der Waals surface area contributed by atoms with Crippen LogP contribution in [0.1, 0.15) is 142 Å². The third-order valence-corrected chi connectivity index (χ3v) is 12.1. The average Bonchev–Trinajstić information content (AvgIpc) is 3.86. The number of allylic oxidation sites excluding steroid dienone is 5. The number of carbonyl (C=O) groups is 2. The Morgan fingerprint density at radius 3 is 2.07 bits per heavy atom. The predicted octanol–water partition coefficient (Wildman–Crippen LogP) is 9.83. The standard InChI is InChI=1S/C47H55N6O4.Fe/c1-7-33-27(3)37-23-38-29(5)35(19-21-45(54)55)43(52-38)26-44-36(30(6)40(53-44)25-42-34(8-2)28(4)39(51-42)24-41(33)50-37)20-22-46(56)57-47(48-31-15-11-9-12-16-31)49-32-17-13-10-14-18-32;/h7-8,23-26,31-32H,1-2,9-22H2,3-6H3,(H3-,48,49,50,51,52,53,54,55);/q-1;+2/p-1. The Balaban J connectivity index is 0.00000567. The van der Waals surface area contributed by atoms with Crippen molar-refractivity contribution in [2.45, 2.75) is 130 Å². The maximum absolute atomic E-state index is 13.7. The van der Waals surface area contributed by atoms with Crippen molar-refractivity contribution in [1.82, 2.24) is 25.3 Å². The van der Waals surface area contributed by atoms with Crippen molar-refractivity contribution in [3.8, 4) is 0 Å². The fourth-order valence-corrected chi connectivity index (χ4v) is 8.66. The Morgan fingerprint density at radius 1 is 0.776 bits per heavy atom. The fraction of sp³-hybridized carbons (Fsp3) is 0.426. The molecule has 7 rings (SSSR count). The molecule has 58 heavy (non-hydrogen) atoms. The molecule has 2 aliphatic carbocycles. The SMILES string of the molecule is C=CC1=C(C)c2cc3[n-]c(cc4nc(cc5[n-]c(cc1n2)c(C)c5C=C)C(C)=C4CCC(=O)OC(=NC1CCCCC1)NC1CCCCC1)c(CCC(=O)O)c3C.[Fe+2]. The Labute approximate surface area is 352 Å². The number of hydrogen-bond donors (Lipinski definition) is 2. The van der Waals surface area contributed by atoms with E-state index in [1.165, 1.54) is 12.8 Å². The van der Waals surface area contributed by atoms with Crippen LogP contribution in [0.25, 0.3) is 50.4 Å². The van der Waals surface area contributed by atoms with Crippen molar-refractivity contribution >= 4 is 68.4 Å². The molecule has 5 heterocycles. The van der Waals surface area contributed by atoms with E-state index in [1.54, 1.807) is 0 Å². The molecule has 10 nitrogen and oxygen atoms in total. The Kier molecular flexibility index (Phi) is 13.8. The smallest absolute Gasteiger partial charge is 0.657 e. The molecule has 3 aromatic rings. The van der Waals surface area contributed by atoms with E-state index in [9.17, 15) is 14.7 Å². The molecule has 0 atom stereocenters. The van der Waals surface area contributed by atoms with Gasteiger partial charge in [-0.25, -0.2) is 15.0 Å². The topological polar surface area (TPSA) is 142 Å². The molecule has 304 valence electrons. The Morgan fingerprint density at radius 2 is 1.38 bits per heavy atom. The number of rotatable bonds is 10. The number of aliphatic imine (C=N–C) groups is 1. The molecule has 0 spiro atoms. The van der Waals surface area contributed by atoms with E-state index in [0.717, 1.165) is 124 Å². The van der Waals surface area contributed by atoms with Crippen molar-refractivity contribution in [3.63, 3.8) is 0 Å². The number of carbonyl (C=O) groups excluding carboxylic acids is 1. The average molecular weight is 823 g/mol. The van der Waals surface area contributed by atoms with Crippen LogP contribution in [0.15, 0.2) is 48.5 Å². The van der Waals surface area contributed by atoms with Gasteiger partial charge in [0.2, 0.25) is 0 Å². The normalized spacial score (nSPS) is 16.6. The third-order valence-electron chi connectivity index (χ3n) is 12.1. The summed E-state index contributed by atoms with van der Waals surface area (Å²) in [5.74, 6) is -1.23. The van der Waals surface area contributed by atoms with Gasteiger partial charge in [0, 0.05) is 18.0 Å². The quantitative estimate of drug-likeness (QED) is 0.0885. The minimum absolute atomic E-state index is 0. The summed E-state index contributed by atoms with van der Waals surface area (Å²) < 4.78 is 6.05. The molecule has 2 N–H and O–H groups in total. The molecule has 4 aliphatic rings. The first-order chi connectivity index (χ1) is 27.5. The van der Waals surface area contributed by atoms with Crippen LogP contribution in [0.4, 0.5) is 0 Å². The Hall–Kier alpha value is -4.99. The molecule has 0 aromatic carbocycles. The zero-order chi connectivity index (χ0) is 40.2. The third kappa shape index (κ3) is 9.32. The zero-order valence-corrected chi connectivity index (χ0v) is 35.3. The van der Waals surface area contributed by atoms with Crippen LogP contribution in [0.2, 0.25) is 0 Å². The fourth-order valence-electron chi connectivity index (χ4n) is 8.66. The van der Waals surface area contributed by atoms with E-state index in [1.807, 2.05) is 64.1 Å². The molecule has 8 bridgehead atoms. The number of amidine groups is 1. The summed E-state index contributed by atoms with van der Waals surface area (Å²) in [6.45, 7) is 16.2. The van der Waals surface area contributed by atoms with Gasteiger partial charge in [0.25, 0.3) is 6.02 Å². The maximum Gasteiger partial charge on any atom is 2.00 e. The van der Waals surface area contributed by atoms with Crippen LogP contribution < -0.4 is 15.3 Å². The molecular weight excluding hydrogens is 768 g/mol. The van der Waals surface area contributed by atoms with Crippen molar-refractivity contribution < 1.29 is 36.5 Å². The summed E-state index contributed by atoms with van der Waals surface area (Å²) in [7, 11) is 0. The minimum atomic E-state index is -0.882. The van der Waals surface area contributed by atoms with Gasteiger partial charge in [-0.15, -0.1) is 22.1 Å². The van der Waals surface area contributed by atoms with Gasteiger partial charge in [-0.3, -0.25) is 9.59 Å². The number of hydrogen-bond acceptors (Lipinski definition) is 6. The molecule has 0 amide bonds. The monoisotopic (exact) mass is 822 g/mol. The number of aliphatic carboxylic acids is 1. The second-order valence-corrected chi connectivity index (χ2v) is 15.9. The van der Waals surface area contributed by atoms with E-state index < -0.39 is 5.97 Å². The maximum atomic E-state index is 13.7. The summed E-state index contributed by atoms with van der Waals surface area (Å²) >= 11 is 0. The first-order valence-electron chi connectivity index (χ1n) is 20.6. The summed E-state index contributed by atoms with van der Waals surface area (Å²) in [4.78, 5) is 50.8. The van der Waals surface area contributed by atoms with Crippen LogP contribution in [0.5, 0.6) is 0 Å². The number of ether oxygens (including phenoxy) is 1. The van der Waals surface area contributed by atoms with Gasteiger partial charge in [-0.05, 0) is 88.5 Å². The molecule has 2 saturated carbocycles. The largest absolute Gasteiger partial charge is 2.00 e. The molecule has 0 saturated heterocycles. The van der Waals surface area contributed by atoms with Crippen molar-refractivity contribution in [2.75, 3.05) is 0 Å². The van der Waals surface area contributed by atoms with E-state index >= 15 is 0 Å². The second-order valence-electron chi connectivity index (χ2n) is 15.9. The van der Waals surface area contributed by atoms with Crippen LogP contribution in [-0.4, -0.2) is 45.1 Å². The van der Waals surface area contributed by atoms with Gasteiger partial charge in [0.15, 0.2) is 0 Å². The summed E-state index contributed by atoms with van der Waals surface area (Å²) in [6, 6.07) is 8.64. The number of aryl methyl sites for hydroxylation is 3. The molecule has 2 fully saturated rings. The molecule has 0 unspecified atom stereocenters. The van der Waals surface area contributed by atoms with Crippen LogP contribution in [0.3, 0.4) is 0 Å². The van der Waals surface area contributed by atoms with E-state index in [2.05, 4.69) is 18.5 Å². The molecule has 0 radical (unpaired) electrons. The van der Waals surface area contributed by atoms with E-state index in [-0.39, 0.29) is 48.0 Å². The van der Waals surface area contributed by atoms with Crippen molar-refractivity contribution in [2.24, 2.45) is 4.99 Å². The van der Waals surface area contributed by atoms with Crippen molar-refractivity contribution in [1.29, 1.82) is 0 Å². The first-order valence-corrected chi connectivity index (χ1v) is 20.6. The number of carboxylic acid groups (broad SMARTS) is 1. The molecular formula is C47H54FeN6O4. The van der Waals surface area contributed by atoms with Gasteiger partial charge in [0.05, 0.1) is 35.2 Å². The van der Waals surface area contributed by atoms with Crippen LogP contribution in [-0.2, 0) is 37.8 Å². The number of fused-ring (bicyclic) bond motifs is 8. The van der Waals surface area contributed by atoms with Gasteiger partial charge in [0.1, 0.15) is 0 Å². The van der Waals surface area contributed by atoms with Gasteiger partial charge >= 0.3 is 29.0 Å². The first kappa shape index (κ1) is 42.6. The summed E-state index contributed by atoms with van der Waals surface area (Å²) in [5.41, 5.74) is 13.1. The molecule has 11 heteroatoms. The number of nitrogens with zero attached hydrogens (tertiary/aromatic N) is 5. The van der Waals surface area contributed by atoms with Crippen molar-refractivity contribution in [3.05, 3.63) is 88.5 Å². The summed E-state index contributed by atoms with van der Waals surface area (Å²) in [5, 5.41) is 13.2. The zero-order valence-electron chi connectivity index (χ0n) is 34.2. The number of aromatic nitrogens is 4. The van der Waals surface area contributed by atoms with Gasteiger partial charge in [-0.2, -0.15) is 0 Å². The van der Waals surface area contributed by atoms with Crippen LogP contribution in [0, 0.1) is 13.8 Å². The van der Waals surface area contributed by atoms with Gasteiger partial charge < -0.3 is 25.1 Å². The van der Waals surface area contributed by atoms with Crippen LogP contribution >= 0.6 is 0 Å². The van der Waals surface area contributed by atoms with E-state index in [0.29, 0.717) is 35.6 Å². The Bertz CT molecular complexity index is 2370. The molecule has 3 aromatic heterocycles.